The first-order valence-electron chi connectivity index (χ1n) is 11.1. The lowest BCUT2D eigenvalue weighted by Gasteiger charge is -2.28. The van der Waals surface area contributed by atoms with Crippen molar-refractivity contribution in [2.45, 2.75) is 57.7 Å². The fraction of sp³-hybridized carbons (Fsp3) is 0.565. The quantitative estimate of drug-likeness (QED) is 0.283. The SMILES string of the molecule is COC(=O)[C@H](Cc1ccc(I)cc1)NC(=O)CCNC(=O)[C@@H]1CCCN1C(=O)[C@@H](N)C(C)C. The molecule has 1 aromatic carbocycles. The third-order valence-corrected chi connectivity index (χ3v) is 6.39. The number of carbonyl (C=O) groups is 4. The second-order valence-corrected chi connectivity index (χ2v) is 9.72. The first kappa shape index (κ1) is 27.0. The van der Waals surface area contributed by atoms with E-state index in [1.807, 2.05) is 38.1 Å². The van der Waals surface area contributed by atoms with E-state index in [-0.39, 0.29) is 36.6 Å². The average molecular weight is 572 g/mol. The van der Waals surface area contributed by atoms with Gasteiger partial charge in [0.15, 0.2) is 0 Å². The summed E-state index contributed by atoms with van der Waals surface area (Å²) in [5.41, 5.74) is 6.87. The fourth-order valence-corrected chi connectivity index (χ4v) is 4.01. The number of methoxy groups -OCH3 is 1. The summed E-state index contributed by atoms with van der Waals surface area (Å²) < 4.78 is 5.89. The molecule has 3 amide bonds. The molecule has 0 aromatic heterocycles. The average Bonchev–Trinajstić information content (AvgIpc) is 3.28. The molecule has 0 bridgehead atoms. The van der Waals surface area contributed by atoms with E-state index in [9.17, 15) is 19.2 Å². The van der Waals surface area contributed by atoms with E-state index in [1.54, 1.807) is 0 Å². The molecule has 1 aliphatic heterocycles. The predicted octanol–water partition coefficient (Wildman–Crippen LogP) is 0.972. The van der Waals surface area contributed by atoms with Crippen molar-refractivity contribution < 1.29 is 23.9 Å². The van der Waals surface area contributed by atoms with E-state index in [1.165, 1.54) is 12.0 Å². The Balaban J connectivity index is 1.86. The summed E-state index contributed by atoms with van der Waals surface area (Å²) in [4.78, 5) is 51.3. The molecule has 4 N–H and O–H groups in total. The highest BCUT2D eigenvalue weighted by Crippen LogP contribution is 2.19. The number of likely N-dealkylation sites (tertiary alicyclic amines) is 1. The number of hydrogen-bond donors (Lipinski definition) is 3. The molecule has 0 aliphatic carbocycles. The van der Waals surface area contributed by atoms with E-state index >= 15 is 0 Å². The van der Waals surface area contributed by atoms with Crippen LogP contribution in [0.5, 0.6) is 0 Å². The number of rotatable bonds is 10. The van der Waals surface area contributed by atoms with Crippen molar-refractivity contribution in [1.29, 1.82) is 0 Å². The van der Waals surface area contributed by atoms with Crippen LogP contribution in [0.1, 0.15) is 38.7 Å². The number of nitrogens with one attached hydrogen (secondary N) is 2. The van der Waals surface area contributed by atoms with Gasteiger partial charge in [-0.2, -0.15) is 0 Å². The zero-order chi connectivity index (χ0) is 24.5. The molecule has 33 heavy (non-hydrogen) atoms. The van der Waals surface area contributed by atoms with Crippen LogP contribution in [0.3, 0.4) is 0 Å². The summed E-state index contributed by atoms with van der Waals surface area (Å²) >= 11 is 2.19. The van der Waals surface area contributed by atoms with Crippen molar-refractivity contribution in [2.24, 2.45) is 11.7 Å². The van der Waals surface area contributed by atoms with Gasteiger partial charge in [0.25, 0.3) is 0 Å². The van der Waals surface area contributed by atoms with E-state index < -0.39 is 24.1 Å². The Morgan fingerprint density at radius 3 is 2.48 bits per heavy atom. The standard InChI is InChI=1S/C23H33IN4O5/c1-14(2)20(25)22(31)28-12-4-5-18(28)21(30)26-11-10-19(29)27-17(23(32)33-3)13-15-6-8-16(24)9-7-15/h6-9,14,17-18,20H,4-5,10-13,25H2,1-3H3,(H,26,30)(H,27,29)/t17-,18-,20-/m0/s1. The lowest BCUT2D eigenvalue weighted by molar-refractivity contribution is -0.145. The van der Waals surface area contributed by atoms with E-state index in [0.29, 0.717) is 19.4 Å². The summed E-state index contributed by atoms with van der Waals surface area (Å²) in [5.74, 6) is -1.46. The van der Waals surface area contributed by atoms with Crippen molar-refractivity contribution in [3.63, 3.8) is 0 Å². The van der Waals surface area contributed by atoms with Crippen LogP contribution in [0.25, 0.3) is 0 Å². The lowest BCUT2D eigenvalue weighted by Crippen LogP contribution is -2.53. The Hall–Kier alpha value is -2.21. The monoisotopic (exact) mass is 572 g/mol. The third-order valence-electron chi connectivity index (χ3n) is 5.67. The van der Waals surface area contributed by atoms with Crippen molar-refractivity contribution in [3.8, 4) is 0 Å². The summed E-state index contributed by atoms with van der Waals surface area (Å²) in [7, 11) is 1.27. The second kappa shape index (κ2) is 12.9. The van der Waals surface area contributed by atoms with E-state index in [4.69, 9.17) is 10.5 Å². The second-order valence-electron chi connectivity index (χ2n) is 8.47. The molecule has 2 rings (SSSR count). The third kappa shape index (κ3) is 7.95. The number of hydrogen-bond acceptors (Lipinski definition) is 6. The van der Waals surface area contributed by atoms with Gasteiger partial charge in [-0.1, -0.05) is 26.0 Å². The molecular formula is C23H33IN4O5. The van der Waals surface area contributed by atoms with Crippen LogP contribution in [0, 0.1) is 9.49 Å². The molecule has 1 saturated heterocycles. The van der Waals surface area contributed by atoms with Gasteiger partial charge in [0.05, 0.1) is 13.2 Å². The van der Waals surface area contributed by atoms with Crippen LogP contribution < -0.4 is 16.4 Å². The fourth-order valence-electron chi connectivity index (χ4n) is 3.65. The van der Waals surface area contributed by atoms with Gasteiger partial charge in [-0.25, -0.2) is 4.79 Å². The maximum Gasteiger partial charge on any atom is 0.328 e. The number of halogens is 1. The van der Waals surface area contributed by atoms with Crippen LogP contribution >= 0.6 is 22.6 Å². The molecular weight excluding hydrogens is 539 g/mol. The predicted molar refractivity (Wildman–Crippen MR) is 132 cm³/mol. The maximum atomic E-state index is 12.6. The Kier molecular flexibility index (Phi) is 10.6. The minimum Gasteiger partial charge on any atom is -0.467 e. The summed E-state index contributed by atoms with van der Waals surface area (Å²) in [6.45, 7) is 4.33. The van der Waals surface area contributed by atoms with Crippen LogP contribution in [0.15, 0.2) is 24.3 Å². The molecule has 1 aliphatic rings. The number of carbonyl (C=O) groups excluding carboxylic acids is 4. The molecule has 3 atom stereocenters. The molecule has 0 unspecified atom stereocenters. The molecule has 10 heteroatoms. The van der Waals surface area contributed by atoms with Crippen molar-refractivity contribution in [3.05, 3.63) is 33.4 Å². The summed E-state index contributed by atoms with van der Waals surface area (Å²) in [5, 5.41) is 5.41. The van der Waals surface area contributed by atoms with Gasteiger partial charge in [0.2, 0.25) is 17.7 Å². The normalized spacial score (nSPS) is 17.4. The highest BCUT2D eigenvalue weighted by molar-refractivity contribution is 14.1. The van der Waals surface area contributed by atoms with E-state index in [0.717, 1.165) is 15.6 Å². The highest BCUT2D eigenvalue weighted by Gasteiger charge is 2.36. The zero-order valence-electron chi connectivity index (χ0n) is 19.3. The van der Waals surface area contributed by atoms with Gasteiger partial charge in [-0.15, -0.1) is 0 Å². The first-order chi connectivity index (χ1) is 15.6. The Labute approximate surface area is 208 Å². The first-order valence-corrected chi connectivity index (χ1v) is 12.2. The number of nitrogens with zero attached hydrogens (tertiary/aromatic N) is 1. The molecule has 0 saturated carbocycles. The van der Waals surface area contributed by atoms with Crippen molar-refractivity contribution >= 4 is 46.3 Å². The smallest absolute Gasteiger partial charge is 0.328 e. The number of benzene rings is 1. The van der Waals surface area contributed by atoms with E-state index in [2.05, 4.69) is 33.2 Å². The molecule has 1 aromatic rings. The van der Waals surface area contributed by atoms with Gasteiger partial charge in [0, 0.05) is 29.5 Å². The van der Waals surface area contributed by atoms with Crippen molar-refractivity contribution in [1.82, 2.24) is 15.5 Å². The van der Waals surface area contributed by atoms with Gasteiger partial charge >= 0.3 is 5.97 Å². The molecule has 182 valence electrons. The minimum absolute atomic E-state index is 0.00189. The lowest BCUT2D eigenvalue weighted by atomic mass is 10.0. The maximum absolute atomic E-state index is 12.6. The van der Waals surface area contributed by atoms with Gasteiger partial charge < -0.3 is 26.0 Å². The molecule has 1 heterocycles. The largest absolute Gasteiger partial charge is 0.467 e. The van der Waals surface area contributed by atoms with Crippen LogP contribution in [0.2, 0.25) is 0 Å². The van der Waals surface area contributed by atoms with Gasteiger partial charge in [-0.05, 0) is 59.0 Å². The van der Waals surface area contributed by atoms with Crippen LogP contribution in [0.4, 0.5) is 0 Å². The van der Waals surface area contributed by atoms with Gasteiger partial charge in [-0.3, -0.25) is 14.4 Å². The molecule has 0 radical (unpaired) electrons. The van der Waals surface area contributed by atoms with Gasteiger partial charge in [0.1, 0.15) is 12.1 Å². The Morgan fingerprint density at radius 1 is 1.21 bits per heavy atom. The summed E-state index contributed by atoms with van der Waals surface area (Å²) in [6.07, 6.45) is 1.60. The Bertz CT molecular complexity index is 846. The van der Waals surface area contributed by atoms with Crippen LogP contribution in [-0.2, 0) is 30.3 Å². The minimum atomic E-state index is -0.821. The highest BCUT2D eigenvalue weighted by atomic mass is 127. The topological polar surface area (TPSA) is 131 Å². The van der Waals surface area contributed by atoms with Crippen molar-refractivity contribution in [2.75, 3.05) is 20.2 Å². The number of esters is 1. The number of amides is 3. The molecule has 1 fully saturated rings. The molecule has 9 nitrogen and oxygen atoms in total. The zero-order valence-corrected chi connectivity index (χ0v) is 21.5. The number of ether oxygens (including phenoxy) is 1. The number of nitrogens with two attached hydrogens (primary N) is 1. The van der Waals surface area contributed by atoms with Crippen LogP contribution in [-0.4, -0.2) is 66.9 Å². The molecule has 0 spiro atoms. The summed E-state index contributed by atoms with van der Waals surface area (Å²) in [6, 6.07) is 5.59. The Morgan fingerprint density at radius 2 is 1.88 bits per heavy atom.